The van der Waals surface area contributed by atoms with Crippen LogP contribution in [0, 0.1) is 0 Å². The van der Waals surface area contributed by atoms with E-state index in [1.54, 1.807) is 0 Å². The Kier molecular flexibility index (Phi) is 51.1. The van der Waals surface area contributed by atoms with E-state index in [0.717, 1.165) is 44.9 Å². The topological polar surface area (TPSA) is 105 Å². The Balaban J connectivity index is 4.12. The Morgan fingerprint density at radius 3 is 1.19 bits per heavy atom. The number of likely N-dealkylation sites (N-methyl/N-ethyl adjacent to an activating group) is 1. The number of hydrogen-bond donors (Lipinski definition) is 3. The maximum absolute atomic E-state index is 13.0. The molecule has 3 unspecified atom stereocenters. The highest BCUT2D eigenvalue weighted by Crippen LogP contribution is 2.43. The zero-order valence-corrected chi connectivity index (χ0v) is 47.7. The normalized spacial score (nSPS) is 14.0. The van der Waals surface area contributed by atoms with Gasteiger partial charge in [0.2, 0.25) is 5.91 Å². The third-order valence-corrected chi connectivity index (χ3v) is 14.9. The van der Waals surface area contributed by atoms with Crippen LogP contribution in [-0.4, -0.2) is 73.4 Å². The van der Waals surface area contributed by atoms with Gasteiger partial charge in [0.1, 0.15) is 13.2 Å². The van der Waals surface area contributed by atoms with Crippen LogP contribution in [0.4, 0.5) is 0 Å². The van der Waals surface area contributed by atoms with E-state index in [2.05, 4.69) is 43.5 Å². The molecule has 0 aromatic rings. The Hall–Kier alpha value is -1.02. The van der Waals surface area contributed by atoms with Gasteiger partial charge in [-0.05, 0) is 44.9 Å². The fourth-order valence-electron chi connectivity index (χ4n) is 9.20. The number of phosphoric acid groups is 1. The average molecular weight is 997 g/mol. The molecule has 3 atom stereocenters. The summed E-state index contributed by atoms with van der Waals surface area (Å²) in [5, 5.41) is 14.1. The third-order valence-electron chi connectivity index (χ3n) is 14.0. The summed E-state index contributed by atoms with van der Waals surface area (Å²) >= 11 is 0. The molecule has 9 heteroatoms. The average Bonchev–Trinajstić information content (AvgIpc) is 3.31. The molecule has 0 heterocycles. The quantitative estimate of drug-likeness (QED) is 0.0243. The number of phosphoric ester groups is 1. The molecule has 0 aliphatic rings. The van der Waals surface area contributed by atoms with Crippen molar-refractivity contribution in [2.24, 2.45) is 0 Å². The Morgan fingerprint density at radius 2 is 0.826 bits per heavy atom. The molecule has 0 fully saturated rings. The van der Waals surface area contributed by atoms with Crippen LogP contribution in [0.5, 0.6) is 0 Å². The predicted molar refractivity (Wildman–Crippen MR) is 300 cm³/mol. The van der Waals surface area contributed by atoms with Gasteiger partial charge in [-0.1, -0.05) is 276 Å². The van der Waals surface area contributed by atoms with Gasteiger partial charge in [-0.15, -0.1) is 0 Å². The monoisotopic (exact) mass is 996 g/mol. The van der Waals surface area contributed by atoms with Crippen molar-refractivity contribution in [3.63, 3.8) is 0 Å². The van der Waals surface area contributed by atoms with Crippen molar-refractivity contribution >= 4 is 13.7 Å². The van der Waals surface area contributed by atoms with Gasteiger partial charge in [0, 0.05) is 6.42 Å². The van der Waals surface area contributed by atoms with Gasteiger partial charge in [-0.3, -0.25) is 13.8 Å². The molecular formula is C60H120N2O6P+. The van der Waals surface area contributed by atoms with Crippen molar-refractivity contribution < 1.29 is 32.9 Å². The minimum absolute atomic E-state index is 0.0763. The van der Waals surface area contributed by atoms with Crippen LogP contribution >= 0.6 is 7.82 Å². The van der Waals surface area contributed by atoms with Crippen LogP contribution in [0.2, 0.25) is 0 Å². The van der Waals surface area contributed by atoms with Crippen molar-refractivity contribution in [3.8, 4) is 0 Å². The number of carbonyl (C=O) groups is 1. The molecule has 0 saturated carbocycles. The number of nitrogens with one attached hydrogen (secondary N) is 1. The number of rotatable bonds is 56. The van der Waals surface area contributed by atoms with Crippen LogP contribution in [0.25, 0.3) is 0 Å². The number of allylic oxidation sites excluding steroid dienone is 4. The number of unbranched alkanes of at least 4 members (excludes halogenated alkanes) is 39. The summed E-state index contributed by atoms with van der Waals surface area (Å²) in [6, 6.07) is -0.760. The lowest BCUT2D eigenvalue weighted by Crippen LogP contribution is -2.46. The largest absolute Gasteiger partial charge is 0.472 e. The molecule has 69 heavy (non-hydrogen) atoms. The molecular weight excluding hydrogens is 876 g/mol. The Bertz CT molecular complexity index is 1170. The zero-order chi connectivity index (χ0) is 50.6. The molecule has 0 spiro atoms. The lowest BCUT2D eigenvalue weighted by Gasteiger charge is -2.26. The summed E-state index contributed by atoms with van der Waals surface area (Å²) in [7, 11) is 1.63. The first kappa shape index (κ1) is 68.0. The molecule has 0 radical (unpaired) electrons. The molecule has 8 nitrogen and oxygen atoms in total. The van der Waals surface area contributed by atoms with Crippen LogP contribution in [-0.2, 0) is 18.4 Å². The number of aliphatic hydroxyl groups is 1. The maximum atomic E-state index is 13.0. The summed E-state index contributed by atoms with van der Waals surface area (Å²) in [6.45, 7) is 4.92. The van der Waals surface area contributed by atoms with Crippen LogP contribution in [0.3, 0.4) is 0 Å². The lowest BCUT2D eigenvalue weighted by atomic mass is 10.0. The second-order valence-corrected chi connectivity index (χ2v) is 23.5. The smallest absolute Gasteiger partial charge is 0.391 e. The Labute approximate surface area is 430 Å². The first-order valence-corrected chi connectivity index (χ1v) is 31.7. The van der Waals surface area contributed by atoms with Crippen molar-refractivity contribution in [2.45, 2.75) is 315 Å². The van der Waals surface area contributed by atoms with Crippen molar-refractivity contribution in [1.29, 1.82) is 0 Å². The van der Waals surface area contributed by atoms with Crippen LogP contribution < -0.4 is 5.32 Å². The molecule has 0 rings (SSSR count). The van der Waals surface area contributed by atoms with E-state index in [1.165, 1.54) is 231 Å². The molecule has 0 aliphatic heterocycles. The molecule has 0 bridgehead atoms. The van der Waals surface area contributed by atoms with Crippen molar-refractivity contribution in [1.82, 2.24) is 5.32 Å². The van der Waals surface area contributed by atoms with E-state index in [-0.39, 0.29) is 19.1 Å². The second kappa shape index (κ2) is 51.9. The van der Waals surface area contributed by atoms with E-state index in [0.29, 0.717) is 23.9 Å². The summed E-state index contributed by atoms with van der Waals surface area (Å²) in [6.07, 6.45) is 65.2. The molecule has 0 saturated heterocycles. The van der Waals surface area contributed by atoms with Gasteiger partial charge >= 0.3 is 7.82 Å². The first-order chi connectivity index (χ1) is 33.5. The maximum Gasteiger partial charge on any atom is 0.472 e. The summed E-state index contributed by atoms with van der Waals surface area (Å²) in [5.74, 6) is -0.140. The fraction of sp³-hybridized carbons (Fsp3) is 0.917. The highest BCUT2D eigenvalue weighted by atomic mass is 31.2. The molecule has 0 aromatic heterocycles. The van der Waals surface area contributed by atoms with Crippen LogP contribution in [0.1, 0.15) is 303 Å². The van der Waals surface area contributed by atoms with Gasteiger partial charge in [0.15, 0.2) is 0 Å². The van der Waals surface area contributed by atoms with Crippen molar-refractivity contribution in [3.05, 3.63) is 24.3 Å². The molecule has 0 aliphatic carbocycles. The fourth-order valence-corrected chi connectivity index (χ4v) is 9.93. The highest BCUT2D eigenvalue weighted by Gasteiger charge is 2.28. The molecule has 0 aromatic carbocycles. The van der Waals surface area contributed by atoms with E-state index < -0.39 is 20.0 Å². The summed E-state index contributed by atoms with van der Waals surface area (Å²) in [4.78, 5) is 23.4. The molecule has 1 amide bonds. The standard InChI is InChI=1S/C60H119N2O6P/c1-6-8-10-12-14-16-18-20-22-24-26-28-30-31-32-34-36-38-40-42-44-46-48-50-52-54-60(64)61-58(57-68-69(65,66)67-56-55-62(3,4)5)59(63)53-51-49-47-45-43-41-39-37-35-33-29-27-25-23-21-19-17-15-13-11-9-7-2/h18,20,24,26,58-59,63H,6-17,19,21-23,25,27-57H2,1-5H3,(H-,61,64,65,66)/p+1/b20-18-,26-24-. The lowest BCUT2D eigenvalue weighted by molar-refractivity contribution is -0.870. The first-order valence-electron chi connectivity index (χ1n) is 30.2. The van der Waals surface area contributed by atoms with Gasteiger partial charge in [0.25, 0.3) is 0 Å². The second-order valence-electron chi connectivity index (χ2n) is 22.1. The van der Waals surface area contributed by atoms with Crippen molar-refractivity contribution in [2.75, 3.05) is 40.9 Å². The number of hydrogen-bond acceptors (Lipinski definition) is 5. The number of nitrogens with zero attached hydrogens (tertiary/aromatic N) is 1. The van der Waals surface area contributed by atoms with Gasteiger partial charge in [0.05, 0.1) is 39.9 Å². The van der Waals surface area contributed by atoms with Gasteiger partial charge in [-0.2, -0.15) is 0 Å². The summed E-state index contributed by atoms with van der Waals surface area (Å²) in [5.41, 5.74) is 0. The SMILES string of the molecule is CCCCCCC/C=C\C/C=C\CCCCCCCCCCCCCCCC(=O)NC(COP(=O)(O)OCC[N+](C)(C)C)C(O)CCCCCCCCCCCCCCCCCCCCCCCC. The van der Waals surface area contributed by atoms with E-state index >= 15 is 0 Å². The number of quaternary nitrogens is 1. The van der Waals surface area contributed by atoms with Crippen LogP contribution in [0.15, 0.2) is 24.3 Å². The number of amides is 1. The minimum atomic E-state index is -4.32. The highest BCUT2D eigenvalue weighted by molar-refractivity contribution is 7.47. The third kappa shape index (κ3) is 54.6. The Morgan fingerprint density at radius 1 is 0.493 bits per heavy atom. The van der Waals surface area contributed by atoms with E-state index in [9.17, 15) is 19.4 Å². The van der Waals surface area contributed by atoms with Gasteiger partial charge < -0.3 is 19.8 Å². The predicted octanol–water partition coefficient (Wildman–Crippen LogP) is 18.4. The van der Waals surface area contributed by atoms with E-state index in [4.69, 9.17) is 9.05 Å². The summed E-state index contributed by atoms with van der Waals surface area (Å²) < 4.78 is 23.8. The number of aliphatic hydroxyl groups excluding tert-OH is 1. The van der Waals surface area contributed by atoms with Gasteiger partial charge in [-0.25, -0.2) is 4.57 Å². The molecule has 3 N–H and O–H groups in total. The zero-order valence-electron chi connectivity index (χ0n) is 46.8. The minimum Gasteiger partial charge on any atom is -0.391 e. The van der Waals surface area contributed by atoms with E-state index in [1.807, 2.05) is 21.1 Å². The number of carbonyl (C=O) groups excluding carboxylic acids is 1. The molecule has 410 valence electrons.